The molecule has 5 nitrogen and oxygen atoms in total. The van der Waals surface area contributed by atoms with E-state index in [0.717, 1.165) is 31.9 Å². The molecule has 0 radical (unpaired) electrons. The fourth-order valence-electron chi connectivity index (χ4n) is 2.61. The normalized spacial score (nSPS) is 23.4. The lowest BCUT2D eigenvalue weighted by Gasteiger charge is -2.34. The molecule has 2 aliphatic heterocycles. The number of carboxylic acid groups (broad SMARTS) is 1. The van der Waals surface area contributed by atoms with Crippen LogP contribution in [0.1, 0.15) is 22.8 Å². The van der Waals surface area contributed by atoms with Gasteiger partial charge in [-0.1, -0.05) is 6.07 Å². The summed E-state index contributed by atoms with van der Waals surface area (Å²) in [6.07, 6.45) is 0. The van der Waals surface area contributed by atoms with Gasteiger partial charge in [-0.2, -0.15) is 0 Å². The van der Waals surface area contributed by atoms with Gasteiger partial charge in [0.25, 0.3) is 0 Å². The molecule has 2 aliphatic rings. The zero-order valence-corrected chi connectivity index (χ0v) is 11.5. The highest BCUT2D eigenvalue weighted by atomic mass is 16.5. The van der Waals surface area contributed by atoms with Gasteiger partial charge in [-0.25, -0.2) is 4.79 Å². The molecule has 5 heteroatoms. The maximum atomic E-state index is 11.0. The van der Waals surface area contributed by atoms with Gasteiger partial charge in [0.05, 0.1) is 18.8 Å². The molecule has 3 rings (SSSR count). The zero-order valence-electron chi connectivity index (χ0n) is 11.5. The number of aromatic carboxylic acids is 1. The summed E-state index contributed by atoms with van der Waals surface area (Å²) in [6.45, 7) is 6.22. The molecular weight excluding hydrogens is 258 g/mol. The number of carbonyl (C=O) groups is 1. The van der Waals surface area contributed by atoms with E-state index in [1.807, 2.05) is 6.07 Å². The summed E-state index contributed by atoms with van der Waals surface area (Å²) in [5, 5.41) is 9.04. The highest BCUT2D eigenvalue weighted by Gasteiger charge is 2.27. The van der Waals surface area contributed by atoms with Crippen molar-refractivity contribution in [2.75, 3.05) is 26.4 Å². The van der Waals surface area contributed by atoms with Gasteiger partial charge in [-0.05, 0) is 19.1 Å². The Labute approximate surface area is 118 Å². The lowest BCUT2D eigenvalue weighted by molar-refractivity contribution is -0.0529. The maximum Gasteiger partial charge on any atom is 0.335 e. The monoisotopic (exact) mass is 277 g/mol. The Hall–Kier alpha value is -1.59. The smallest absolute Gasteiger partial charge is 0.335 e. The van der Waals surface area contributed by atoms with Crippen molar-refractivity contribution >= 4 is 5.97 Å². The van der Waals surface area contributed by atoms with Crippen LogP contribution in [0.15, 0.2) is 18.2 Å². The van der Waals surface area contributed by atoms with Gasteiger partial charge in [-0.15, -0.1) is 0 Å². The van der Waals surface area contributed by atoms with E-state index >= 15 is 0 Å². The Morgan fingerprint density at radius 1 is 1.40 bits per heavy atom. The summed E-state index contributed by atoms with van der Waals surface area (Å²) in [5.74, 6) is 0.388. The first kappa shape index (κ1) is 13.4. The van der Waals surface area contributed by atoms with Gasteiger partial charge in [0.15, 0.2) is 0 Å². The minimum absolute atomic E-state index is 0.275. The highest BCUT2D eigenvalue weighted by Crippen LogP contribution is 2.27. The molecule has 0 amide bonds. The molecule has 1 N–H and O–H groups in total. The van der Waals surface area contributed by atoms with Crippen molar-refractivity contribution < 1.29 is 19.4 Å². The van der Waals surface area contributed by atoms with E-state index < -0.39 is 5.97 Å². The molecule has 0 spiro atoms. The topological polar surface area (TPSA) is 59.0 Å². The molecular formula is C15H19NO4. The van der Waals surface area contributed by atoms with Gasteiger partial charge in [0, 0.05) is 30.6 Å². The van der Waals surface area contributed by atoms with Gasteiger partial charge in [0.1, 0.15) is 12.4 Å². The largest absolute Gasteiger partial charge is 0.492 e. The lowest BCUT2D eigenvalue weighted by Crippen LogP contribution is -2.43. The summed E-state index contributed by atoms with van der Waals surface area (Å²) in [6, 6.07) is 5.45. The lowest BCUT2D eigenvalue weighted by atomic mass is 10.1. The predicted molar refractivity (Wildman–Crippen MR) is 73.1 cm³/mol. The number of ether oxygens (including phenoxy) is 2. The van der Waals surface area contributed by atoms with Crippen LogP contribution in [0.2, 0.25) is 0 Å². The van der Waals surface area contributed by atoms with Crippen molar-refractivity contribution in [3.63, 3.8) is 0 Å². The van der Waals surface area contributed by atoms with E-state index in [1.54, 1.807) is 12.1 Å². The molecule has 108 valence electrons. The Morgan fingerprint density at radius 3 is 2.85 bits per heavy atom. The van der Waals surface area contributed by atoms with Gasteiger partial charge in [-0.3, -0.25) is 4.90 Å². The van der Waals surface area contributed by atoms with E-state index in [4.69, 9.17) is 14.6 Å². The number of fused-ring (bicyclic) bond motifs is 1. The fraction of sp³-hybridized carbons (Fsp3) is 0.533. The average Bonchev–Trinajstić information content (AvgIpc) is 2.53. The molecule has 1 aromatic carbocycles. The quantitative estimate of drug-likeness (QED) is 0.909. The van der Waals surface area contributed by atoms with E-state index in [2.05, 4.69) is 11.8 Å². The second-order valence-electron chi connectivity index (χ2n) is 5.62. The van der Waals surface area contributed by atoms with Gasteiger partial charge >= 0.3 is 5.97 Å². The average molecular weight is 277 g/mol. The van der Waals surface area contributed by atoms with Crippen molar-refractivity contribution in [1.82, 2.24) is 4.90 Å². The van der Waals surface area contributed by atoms with E-state index in [9.17, 15) is 4.79 Å². The Balaban J connectivity index is 1.79. The number of nitrogens with zero attached hydrogens (tertiary/aromatic N) is 1. The number of rotatable bonds is 3. The van der Waals surface area contributed by atoms with Gasteiger partial charge < -0.3 is 14.6 Å². The first-order valence-electron chi connectivity index (χ1n) is 6.94. The molecule has 1 saturated heterocycles. The van der Waals surface area contributed by atoms with Crippen LogP contribution in [0.3, 0.4) is 0 Å². The van der Waals surface area contributed by atoms with E-state index in [-0.39, 0.29) is 5.56 Å². The standard InChI is InChI=1S/C15H19NO4/c1-10-7-20-14-4-12(15(17)18)2-3-13(14)6-16(10)5-11-8-19-9-11/h2-4,10-11H,5-9H2,1H3,(H,17,18). The Morgan fingerprint density at radius 2 is 2.20 bits per heavy atom. The fourth-order valence-corrected chi connectivity index (χ4v) is 2.61. The Bertz CT molecular complexity index is 513. The predicted octanol–water partition coefficient (Wildman–Crippen LogP) is 1.61. The number of hydrogen-bond donors (Lipinski definition) is 1. The van der Waals surface area contributed by atoms with Crippen molar-refractivity contribution in [3.05, 3.63) is 29.3 Å². The Kier molecular flexibility index (Phi) is 3.63. The highest BCUT2D eigenvalue weighted by molar-refractivity contribution is 5.88. The molecule has 1 aromatic rings. The first-order valence-corrected chi connectivity index (χ1v) is 6.94. The van der Waals surface area contributed by atoms with E-state index in [0.29, 0.717) is 24.3 Å². The molecule has 1 fully saturated rings. The molecule has 1 atom stereocenters. The third kappa shape index (κ3) is 2.64. The molecule has 0 saturated carbocycles. The molecule has 0 aromatic heterocycles. The summed E-state index contributed by atoms with van der Waals surface area (Å²) in [4.78, 5) is 13.4. The summed E-state index contributed by atoms with van der Waals surface area (Å²) in [5.41, 5.74) is 1.33. The summed E-state index contributed by atoms with van der Waals surface area (Å²) < 4.78 is 11.0. The molecule has 2 heterocycles. The minimum Gasteiger partial charge on any atom is -0.492 e. The number of hydrogen-bond acceptors (Lipinski definition) is 4. The van der Waals surface area contributed by atoms with Crippen molar-refractivity contribution in [2.45, 2.75) is 19.5 Å². The SMILES string of the molecule is CC1COc2cc(C(=O)O)ccc2CN1CC1COC1. The first-order chi connectivity index (χ1) is 9.63. The zero-order chi connectivity index (χ0) is 14.1. The van der Waals surface area contributed by atoms with E-state index in [1.165, 1.54) is 0 Å². The third-order valence-electron chi connectivity index (χ3n) is 3.99. The van der Waals surface area contributed by atoms with Crippen LogP contribution in [0.4, 0.5) is 0 Å². The van der Waals surface area contributed by atoms with Crippen LogP contribution < -0.4 is 4.74 Å². The second kappa shape index (κ2) is 5.42. The molecule has 0 aliphatic carbocycles. The number of carboxylic acids is 1. The third-order valence-corrected chi connectivity index (χ3v) is 3.99. The van der Waals surface area contributed by atoms with Gasteiger partial charge in [0.2, 0.25) is 0 Å². The van der Waals surface area contributed by atoms with Crippen LogP contribution in [0.25, 0.3) is 0 Å². The van der Waals surface area contributed by atoms with Crippen LogP contribution >= 0.6 is 0 Å². The number of benzene rings is 1. The molecule has 20 heavy (non-hydrogen) atoms. The van der Waals surface area contributed by atoms with Crippen LogP contribution in [-0.4, -0.2) is 48.4 Å². The van der Waals surface area contributed by atoms with Crippen molar-refractivity contribution in [2.24, 2.45) is 5.92 Å². The second-order valence-corrected chi connectivity index (χ2v) is 5.62. The van der Waals surface area contributed by atoms with Crippen molar-refractivity contribution in [1.29, 1.82) is 0 Å². The molecule has 0 bridgehead atoms. The summed E-state index contributed by atoms with van der Waals surface area (Å²) >= 11 is 0. The maximum absolute atomic E-state index is 11.0. The molecule has 1 unspecified atom stereocenters. The minimum atomic E-state index is -0.919. The van der Waals surface area contributed by atoms with Crippen LogP contribution in [0, 0.1) is 5.92 Å². The van der Waals surface area contributed by atoms with Crippen molar-refractivity contribution in [3.8, 4) is 5.75 Å². The van der Waals surface area contributed by atoms with Crippen LogP contribution in [0.5, 0.6) is 5.75 Å². The summed E-state index contributed by atoms with van der Waals surface area (Å²) in [7, 11) is 0. The van der Waals surface area contributed by atoms with Crippen LogP contribution in [-0.2, 0) is 11.3 Å².